The average Bonchev–Trinajstić information content (AvgIpc) is 2.80. The molecule has 0 aliphatic carbocycles. The van der Waals surface area contributed by atoms with Gasteiger partial charge in [0.25, 0.3) is 0 Å². The van der Waals surface area contributed by atoms with Gasteiger partial charge in [-0.25, -0.2) is 19.4 Å². The fourth-order valence-electron chi connectivity index (χ4n) is 3.01. The van der Waals surface area contributed by atoms with Gasteiger partial charge in [0.1, 0.15) is 22.3 Å². The number of hydrogen-bond acceptors (Lipinski definition) is 6. The largest absolute Gasteiger partial charge is 0.444 e. The molecule has 2 aromatic rings. The number of piperazine rings is 1. The van der Waals surface area contributed by atoms with Gasteiger partial charge in [0.2, 0.25) is 0 Å². The van der Waals surface area contributed by atoms with Crippen LogP contribution in [0.15, 0.2) is 10.9 Å². The van der Waals surface area contributed by atoms with E-state index in [1.165, 1.54) is 0 Å². The van der Waals surface area contributed by atoms with Crippen LogP contribution in [0.2, 0.25) is 0 Å². The molecule has 1 amide bonds. The summed E-state index contributed by atoms with van der Waals surface area (Å²) in [6.45, 7) is 9.59. The van der Waals surface area contributed by atoms with Gasteiger partial charge < -0.3 is 14.5 Å². The van der Waals surface area contributed by atoms with E-state index in [2.05, 4.69) is 35.9 Å². The van der Waals surface area contributed by atoms with Crippen molar-refractivity contribution >= 4 is 38.9 Å². The third-order valence-electron chi connectivity index (χ3n) is 4.11. The van der Waals surface area contributed by atoms with Gasteiger partial charge in [-0.2, -0.15) is 5.10 Å². The van der Waals surface area contributed by atoms with Crippen LogP contribution < -0.4 is 4.90 Å². The normalized spacial score (nSPS) is 18.7. The summed E-state index contributed by atoms with van der Waals surface area (Å²) in [7, 11) is 1.85. The molecule has 136 valence electrons. The lowest BCUT2D eigenvalue weighted by molar-refractivity contribution is 0.0159. The van der Waals surface area contributed by atoms with Crippen LogP contribution in [0.1, 0.15) is 27.7 Å². The molecule has 3 heterocycles. The van der Waals surface area contributed by atoms with Crippen LogP contribution in [0.5, 0.6) is 0 Å². The molecule has 1 atom stereocenters. The third kappa shape index (κ3) is 3.56. The summed E-state index contributed by atoms with van der Waals surface area (Å²) in [5.41, 5.74) is 0.284. The number of carbonyl (C=O) groups is 1. The first-order valence-electron chi connectivity index (χ1n) is 8.25. The highest BCUT2D eigenvalue weighted by Crippen LogP contribution is 2.30. The molecule has 0 aromatic carbocycles. The van der Waals surface area contributed by atoms with Crippen LogP contribution in [-0.4, -0.2) is 62.0 Å². The summed E-state index contributed by atoms with van der Waals surface area (Å²) in [6, 6.07) is 0.0177. The molecule has 2 aromatic heterocycles. The first-order chi connectivity index (χ1) is 11.7. The van der Waals surface area contributed by atoms with Crippen molar-refractivity contribution in [2.45, 2.75) is 39.3 Å². The number of hydrogen-bond donors (Lipinski definition) is 0. The quantitative estimate of drug-likeness (QED) is 0.718. The van der Waals surface area contributed by atoms with Gasteiger partial charge in [0.15, 0.2) is 5.65 Å². The molecule has 9 heteroatoms. The Kier molecular flexibility index (Phi) is 4.61. The molecule has 3 rings (SSSR count). The summed E-state index contributed by atoms with van der Waals surface area (Å²) in [4.78, 5) is 25.1. The number of halogens is 1. The second-order valence-corrected chi connectivity index (χ2v) is 8.03. The Bertz CT molecular complexity index is 800. The number of nitrogens with zero attached hydrogens (tertiary/aromatic N) is 6. The summed E-state index contributed by atoms with van der Waals surface area (Å²) >= 11 is 3.50. The second kappa shape index (κ2) is 6.44. The maximum absolute atomic E-state index is 12.4. The van der Waals surface area contributed by atoms with Crippen LogP contribution >= 0.6 is 15.9 Å². The number of aryl methyl sites for hydroxylation is 1. The summed E-state index contributed by atoms with van der Waals surface area (Å²) in [6.07, 6.45) is 1.28. The van der Waals surface area contributed by atoms with Crippen molar-refractivity contribution < 1.29 is 9.53 Å². The van der Waals surface area contributed by atoms with Crippen LogP contribution in [0.25, 0.3) is 11.0 Å². The number of fused-ring (bicyclic) bond motifs is 1. The lowest BCUT2D eigenvalue weighted by Gasteiger charge is -2.40. The van der Waals surface area contributed by atoms with Crippen LogP contribution in [0.4, 0.5) is 10.6 Å². The average molecular weight is 411 g/mol. The lowest BCUT2D eigenvalue weighted by atomic mass is 10.2. The first-order valence-corrected chi connectivity index (χ1v) is 9.04. The van der Waals surface area contributed by atoms with E-state index in [1.54, 1.807) is 15.9 Å². The van der Waals surface area contributed by atoms with Crippen molar-refractivity contribution in [3.05, 3.63) is 10.9 Å². The van der Waals surface area contributed by atoms with E-state index >= 15 is 0 Å². The Hall–Kier alpha value is -1.90. The standard InChI is InChI=1S/C16H23BrN6O2/c1-10-8-22(6-7-23(10)15(24)25-16(2,3)4)14-11-12(17)20-21(5)13(11)18-9-19-14/h9-10H,6-8H2,1-5H3/t10-/m1/s1. The third-order valence-corrected chi connectivity index (χ3v) is 4.67. The van der Waals surface area contributed by atoms with E-state index in [0.29, 0.717) is 19.6 Å². The van der Waals surface area contributed by atoms with Crippen molar-refractivity contribution in [3.8, 4) is 0 Å². The number of aromatic nitrogens is 4. The van der Waals surface area contributed by atoms with E-state index in [9.17, 15) is 4.79 Å². The van der Waals surface area contributed by atoms with E-state index < -0.39 is 5.60 Å². The Morgan fingerprint density at radius 3 is 2.68 bits per heavy atom. The molecule has 0 radical (unpaired) electrons. The molecule has 1 aliphatic rings. The Morgan fingerprint density at radius 2 is 2.04 bits per heavy atom. The summed E-state index contributed by atoms with van der Waals surface area (Å²) < 4.78 is 7.96. The van der Waals surface area contributed by atoms with E-state index in [4.69, 9.17) is 4.74 Å². The summed E-state index contributed by atoms with van der Waals surface area (Å²) in [5.74, 6) is 0.834. The fraction of sp³-hybridized carbons (Fsp3) is 0.625. The Morgan fingerprint density at radius 1 is 1.32 bits per heavy atom. The summed E-state index contributed by atoms with van der Waals surface area (Å²) in [5, 5.41) is 5.26. The van der Waals surface area contributed by atoms with Crippen molar-refractivity contribution in [2.24, 2.45) is 7.05 Å². The molecule has 1 aliphatic heterocycles. The molecule has 1 fully saturated rings. The van der Waals surface area contributed by atoms with E-state index in [0.717, 1.165) is 21.5 Å². The molecule has 0 unspecified atom stereocenters. The molecule has 0 bridgehead atoms. The molecule has 1 saturated heterocycles. The van der Waals surface area contributed by atoms with Gasteiger partial charge in [-0.1, -0.05) is 0 Å². The fourth-order valence-corrected chi connectivity index (χ4v) is 3.60. The predicted octanol–water partition coefficient (Wildman–Crippen LogP) is 2.57. The van der Waals surface area contributed by atoms with Crippen molar-refractivity contribution in [1.29, 1.82) is 0 Å². The van der Waals surface area contributed by atoms with E-state index in [1.807, 2.05) is 34.7 Å². The molecule has 0 spiro atoms. The molecule has 8 nitrogen and oxygen atoms in total. The van der Waals surface area contributed by atoms with Crippen molar-refractivity contribution in [2.75, 3.05) is 24.5 Å². The van der Waals surface area contributed by atoms with E-state index in [-0.39, 0.29) is 12.1 Å². The highest BCUT2D eigenvalue weighted by molar-refractivity contribution is 9.10. The molecule has 0 saturated carbocycles. The van der Waals surface area contributed by atoms with Crippen LogP contribution in [0, 0.1) is 0 Å². The predicted molar refractivity (Wildman–Crippen MR) is 98.6 cm³/mol. The minimum absolute atomic E-state index is 0.0177. The minimum atomic E-state index is -0.493. The first kappa shape index (κ1) is 17.9. The van der Waals surface area contributed by atoms with Gasteiger partial charge in [0, 0.05) is 32.7 Å². The molecular formula is C16H23BrN6O2. The van der Waals surface area contributed by atoms with Gasteiger partial charge >= 0.3 is 6.09 Å². The van der Waals surface area contributed by atoms with Gasteiger partial charge in [-0.15, -0.1) is 0 Å². The van der Waals surface area contributed by atoms with Crippen molar-refractivity contribution in [1.82, 2.24) is 24.6 Å². The molecular weight excluding hydrogens is 388 g/mol. The lowest BCUT2D eigenvalue weighted by Crippen LogP contribution is -2.55. The number of amides is 1. The smallest absolute Gasteiger partial charge is 0.410 e. The topological polar surface area (TPSA) is 76.4 Å². The Labute approximate surface area is 155 Å². The van der Waals surface area contributed by atoms with Crippen molar-refractivity contribution in [3.63, 3.8) is 0 Å². The highest BCUT2D eigenvalue weighted by Gasteiger charge is 2.32. The zero-order valence-electron chi connectivity index (χ0n) is 15.2. The number of carbonyl (C=O) groups excluding carboxylic acids is 1. The van der Waals surface area contributed by atoms with Crippen LogP contribution in [-0.2, 0) is 11.8 Å². The highest BCUT2D eigenvalue weighted by atomic mass is 79.9. The minimum Gasteiger partial charge on any atom is -0.444 e. The monoisotopic (exact) mass is 410 g/mol. The molecule has 25 heavy (non-hydrogen) atoms. The number of rotatable bonds is 1. The second-order valence-electron chi connectivity index (χ2n) is 7.28. The van der Waals surface area contributed by atoms with Gasteiger partial charge in [-0.3, -0.25) is 0 Å². The van der Waals surface area contributed by atoms with Gasteiger partial charge in [0.05, 0.1) is 5.39 Å². The number of anilines is 1. The SMILES string of the molecule is C[C@@H]1CN(c2ncnc3c2c(Br)nn3C)CCN1C(=O)OC(C)(C)C. The zero-order chi connectivity index (χ0) is 18.4. The number of ether oxygens (including phenoxy) is 1. The van der Waals surface area contributed by atoms with Gasteiger partial charge in [-0.05, 0) is 43.6 Å². The Balaban J connectivity index is 1.81. The molecule has 0 N–H and O–H groups in total. The zero-order valence-corrected chi connectivity index (χ0v) is 16.7. The maximum Gasteiger partial charge on any atom is 0.410 e. The maximum atomic E-state index is 12.4. The van der Waals surface area contributed by atoms with Crippen LogP contribution in [0.3, 0.4) is 0 Å².